The average Bonchev–Trinajstić information content (AvgIpc) is 2.78. The van der Waals surface area contributed by atoms with Crippen LogP contribution in [0.5, 0.6) is 0 Å². The van der Waals surface area contributed by atoms with Gasteiger partial charge in [-0.2, -0.15) is 26.9 Å². The maximum atomic E-state index is 13.0. The van der Waals surface area contributed by atoms with E-state index in [1.54, 1.807) is 5.10 Å². The third-order valence-corrected chi connectivity index (χ3v) is 2.53. The molecule has 0 atom stereocenters. The first-order valence-electron chi connectivity index (χ1n) is 5.15. The lowest BCUT2D eigenvalue weighted by atomic mass is 10.3. The number of H-pyrrole nitrogens is 1. The van der Waals surface area contributed by atoms with E-state index in [1.807, 2.05) is 0 Å². The van der Waals surface area contributed by atoms with Crippen molar-refractivity contribution < 1.29 is 22.0 Å². The van der Waals surface area contributed by atoms with Crippen molar-refractivity contribution in [2.45, 2.75) is 12.1 Å². The molecule has 0 aromatic carbocycles. The zero-order chi connectivity index (χ0) is 13.4. The molecule has 1 saturated heterocycles. The van der Waals surface area contributed by atoms with E-state index in [9.17, 15) is 22.0 Å². The molecule has 2 heterocycles. The molecule has 0 radical (unpaired) electrons. The quantitative estimate of drug-likeness (QED) is 0.784. The van der Waals surface area contributed by atoms with Crippen molar-refractivity contribution in [2.24, 2.45) is 0 Å². The molecular weight excluding hydrogens is 261 g/mol. The Morgan fingerprint density at radius 3 is 2.22 bits per heavy atom. The number of hydrogen-bond acceptors (Lipinski definition) is 4. The number of rotatable bonds is 2. The van der Waals surface area contributed by atoms with Crippen LogP contribution in [-0.4, -0.2) is 47.5 Å². The first-order chi connectivity index (χ1) is 8.32. The third-order valence-electron chi connectivity index (χ3n) is 2.53. The second-order valence-corrected chi connectivity index (χ2v) is 3.79. The van der Waals surface area contributed by atoms with Crippen LogP contribution in [0.4, 0.5) is 27.9 Å². The Labute approximate surface area is 98.4 Å². The van der Waals surface area contributed by atoms with Crippen molar-refractivity contribution in [3.8, 4) is 0 Å². The van der Waals surface area contributed by atoms with Gasteiger partial charge in [0.25, 0.3) is 0 Å². The molecular formula is C8H10F5N5. The van der Waals surface area contributed by atoms with E-state index in [2.05, 4.69) is 15.4 Å². The van der Waals surface area contributed by atoms with Crippen molar-refractivity contribution in [3.63, 3.8) is 0 Å². The summed E-state index contributed by atoms with van der Waals surface area (Å²) in [5.41, 5.74) is 0. The van der Waals surface area contributed by atoms with Gasteiger partial charge in [-0.3, -0.25) is 5.10 Å². The topological polar surface area (TPSA) is 56.8 Å². The van der Waals surface area contributed by atoms with Crippen LogP contribution in [0.15, 0.2) is 0 Å². The van der Waals surface area contributed by atoms with Gasteiger partial charge in [-0.1, -0.05) is 0 Å². The largest absolute Gasteiger partial charge is 0.461 e. The van der Waals surface area contributed by atoms with Gasteiger partial charge in [0.15, 0.2) is 0 Å². The highest BCUT2D eigenvalue weighted by Gasteiger charge is 2.61. The molecule has 1 aliphatic heterocycles. The molecule has 18 heavy (non-hydrogen) atoms. The first-order valence-corrected chi connectivity index (χ1v) is 5.15. The van der Waals surface area contributed by atoms with Crippen molar-refractivity contribution >= 4 is 5.95 Å². The van der Waals surface area contributed by atoms with E-state index in [0.717, 1.165) is 0 Å². The van der Waals surface area contributed by atoms with Crippen molar-refractivity contribution in [3.05, 3.63) is 5.82 Å². The maximum Gasteiger partial charge on any atom is 0.461 e. The lowest BCUT2D eigenvalue weighted by Crippen LogP contribution is -2.44. The number of nitrogens with zero attached hydrogens (tertiary/aromatic N) is 3. The highest BCUT2D eigenvalue weighted by molar-refractivity contribution is 5.30. The van der Waals surface area contributed by atoms with Gasteiger partial charge in [0, 0.05) is 26.2 Å². The standard InChI is InChI=1S/C8H10F5N5/c9-7(10,8(11,12)13)5-15-6(17-16-5)18-3-1-14-2-4-18/h14H,1-4H2,(H,15,16,17). The molecule has 2 rings (SSSR count). The molecule has 0 aliphatic carbocycles. The molecule has 1 aromatic heterocycles. The molecule has 10 heteroatoms. The van der Waals surface area contributed by atoms with Crippen molar-refractivity contribution in [2.75, 3.05) is 31.1 Å². The summed E-state index contributed by atoms with van der Waals surface area (Å²) < 4.78 is 62.2. The highest BCUT2D eigenvalue weighted by atomic mass is 19.4. The molecule has 1 aromatic rings. The Morgan fingerprint density at radius 1 is 1.06 bits per heavy atom. The molecule has 0 spiro atoms. The summed E-state index contributed by atoms with van der Waals surface area (Å²) in [6.45, 7) is 2.10. The van der Waals surface area contributed by atoms with E-state index < -0.39 is 17.9 Å². The van der Waals surface area contributed by atoms with E-state index in [-0.39, 0.29) is 5.95 Å². The number of nitrogens with one attached hydrogen (secondary N) is 2. The lowest BCUT2D eigenvalue weighted by molar-refractivity contribution is -0.292. The SMILES string of the molecule is FC(F)(F)C(F)(F)c1nc(N2CCNCC2)n[nH]1. The van der Waals surface area contributed by atoms with Crippen LogP contribution in [0.1, 0.15) is 5.82 Å². The fraction of sp³-hybridized carbons (Fsp3) is 0.750. The van der Waals surface area contributed by atoms with E-state index in [4.69, 9.17) is 0 Å². The normalized spacial score (nSPS) is 18.2. The zero-order valence-corrected chi connectivity index (χ0v) is 9.06. The van der Waals surface area contributed by atoms with Crippen LogP contribution >= 0.6 is 0 Å². The van der Waals surface area contributed by atoms with Gasteiger partial charge < -0.3 is 10.2 Å². The molecule has 2 N–H and O–H groups in total. The zero-order valence-electron chi connectivity index (χ0n) is 9.06. The Kier molecular flexibility index (Phi) is 3.13. The Hall–Kier alpha value is -1.45. The van der Waals surface area contributed by atoms with Crippen LogP contribution in [0, 0.1) is 0 Å². The minimum Gasteiger partial charge on any atom is -0.337 e. The second kappa shape index (κ2) is 4.34. The van der Waals surface area contributed by atoms with E-state index in [1.165, 1.54) is 4.90 Å². The first kappa shape index (κ1) is 13.0. The summed E-state index contributed by atoms with van der Waals surface area (Å²) in [5, 5.41) is 8.07. The number of aromatic amines is 1. The molecule has 1 aliphatic rings. The smallest absolute Gasteiger partial charge is 0.337 e. The summed E-state index contributed by atoms with van der Waals surface area (Å²) in [5.74, 6) is -6.65. The predicted octanol–water partition coefficient (Wildman–Crippen LogP) is 0.868. The van der Waals surface area contributed by atoms with Gasteiger partial charge in [-0.25, -0.2) is 0 Å². The number of anilines is 1. The average molecular weight is 271 g/mol. The van der Waals surface area contributed by atoms with Crippen LogP contribution in [0.3, 0.4) is 0 Å². The number of hydrogen-bond donors (Lipinski definition) is 2. The summed E-state index contributed by atoms with van der Waals surface area (Å²) in [4.78, 5) is 4.76. The number of aromatic nitrogens is 3. The minimum atomic E-state index is -5.69. The molecule has 5 nitrogen and oxygen atoms in total. The van der Waals surface area contributed by atoms with Gasteiger partial charge in [0.2, 0.25) is 11.8 Å². The van der Waals surface area contributed by atoms with Gasteiger partial charge in [0.05, 0.1) is 0 Å². The highest BCUT2D eigenvalue weighted by Crippen LogP contribution is 2.42. The van der Waals surface area contributed by atoms with Crippen LogP contribution < -0.4 is 10.2 Å². The van der Waals surface area contributed by atoms with E-state index >= 15 is 0 Å². The number of alkyl halides is 5. The number of piperazine rings is 1. The fourth-order valence-corrected chi connectivity index (χ4v) is 1.53. The molecule has 0 bridgehead atoms. The van der Waals surface area contributed by atoms with Crippen molar-refractivity contribution in [1.82, 2.24) is 20.5 Å². The Balaban J connectivity index is 2.19. The lowest BCUT2D eigenvalue weighted by Gasteiger charge is -2.25. The fourth-order valence-electron chi connectivity index (χ4n) is 1.53. The number of halogens is 5. The Morgan fingerprint density at radius 2 is 1.67 bits per heavy atom. The molecule has 0 saturated carbocycles. The molecule has 0 amide bonds. The van der Waals surface area contributed by atoms with Gasteiger partial charge in [0.1, 0.15) is 0 Å². The summed E-state index contributed by atoms with van der Waals surface area (Å²) in [6, 6.07) is 0. The van der Waals surface area contributed by atoms with Crippen LogP contribution in [0.25, 0.3) is 0 Å². The molecule has 102 valence electrons. The molecule has 1 fully saturated rings. The maximum absolute atomic E-state index is 13.0. The second-order valence-electron chi connectivity index (χ2n) is 3.79. The van der Waals surface area contributed by atoms with Crippen LogP contribution in [-0.2, 0) is 5.92 Å². The van der Waals surface area contributed by atoms with Crippen molar-refractivity contribution in [1.29, 1.82) is 0 Å². The summed E-state index contributed by atoms with van der Waals surface area (Å²) >= 11 is 0. The monoisotopic (exact) mass is 271 g/mol. The van der Waals surface area contributed by atoms with Crippen LogP contribution in [0.2, 0.25) is 0 Å². The Bertz CT molecular complexity index is 408. The summed E-state index contributed by atoms with van der Waals surface area (Å²) in [7, 11) is 0. The van der Waals surface area contributed by atoms with E-state index in [0.29, 0.717) is 26.2 Å². The van der Waals surface area contributed by atoms with Gasteiger partial charge in [-0.05, 0) is 0 Å². The predicted molar refractivity (Wildman–Crippen MR) is 51.4 cm³/mol. The minimum absolute atomic E-state index is 0.143. The van der Waals surface area contributed by atoms with Gasteiger partial charge in [-0.15, -0.1) is 5.10 Å². The van der Waals surface area contributed by atoms with Gasteiger partial charge >= 0.3 is 12.1 Å². The summed E-state index contributed by atoms with van der Waals surface area (Å²) in [6.07, 6.45) is -5.69. The molecule has 0 unspecified atom stereocenters. The third kappa shape index (κ3) is 2.24.